The fraction of sp³-hybridized carbons (Fsp3) is 0.389. The standard InChI is InChI=1S/C18H21F3N2OS/c1-13-4-6-14(7-5-13)15-8-11-25-16(15)17(24)22-9-3-10-23(2)12-18(19,20)21/h4-8,11H,3,9-10,12H2,1-2H3,(H,22,24). The molecule has 0 saturated carbocycles. The van der Waals surface area contributed by atoms with E-state index in [1.54, 1.807) is 0 Å². The third-order valence-corrected chi connectivity index (χ3v) is 4.60. The maximum atomic E-state index is 12.3. The third-order valence-electron chi connectivity index (χ3n) is 3.69. The van der Waals surface area contributed by atoms with E-state index in [0.29, 0.717) is 17.8 Å². The van der Waals surface area contributed by atoms with Crippen LogP contribution in [0.4, 0.5) is 13.2 Å². The fourth-order valence-electron chi connectivity index (χ4n) is 2.46. The van der Waals surface area contributed by atoms with Gasteiger partial charge in [-0.15, -0.1) is 11.3 Å². The Morgan fingerprint density at radius 3 is 2.52 bits per heavy atom. The van der Waals surface area contributed by atoms with E-state index in [0.717, 1.165) is 16.7 Å². The minimum Gasteiger partial charge on any atom is -0.351 e. The molecule has 0 atom stereocenters. The number of hydrogen-bond donors (Lipinski definition) is 1. The monoisotopic (exact) mass is 370 g/mol. The molecule has 2 rings (SSSR count). The van der Waals surface area contributed by atoms with Gasteiger partial charge in [-0.05, 0) is 43.9 Å². The third kappa shape index (κ3) is 6.17. The quantitative estimate of drug-likeness (QED) is 0.736. The lowest BCUT2D eigenvalue weighted by Gasteiger charge is -2.18. The lowest BCUT2D eigenvalue weighted by atomic mass is 10.0. The van der Waals surface area contributed by atoms with Crippen LogP contribution in [0.25, 0.3) is 11.1 Å². The van der Waals surface area contributed by atoms with Crippen molar-refractivity contribution < 1.29 is 18.0 Å². The molecule has 0 aliphatic carbocycles. The summed E-state index contributed by atoms with van der Waals surface area (Å²) in [6.45, 7) is 1.67. The number of rotatable bonds is 7. The Kier molecular flexibility index (Phi) is 6.61. The number of alkyl halides is 3. The van der Waals surface area contributed by atoms with Gasteiger partial charge in [0.2, 0.25) is 0 Å². The molecular weight excluding hydrogens is 349 g/mol. The lowest BCUT2D eigenvalue weighted by molar-refractivity contribution is -0.143. The molecule has 2 aromatic rings. The first-order valence-electron chi connectivity index (χ1n) is 7.94. The summed E-state index contributed by atoms with van der Waals surface area (Å²) in [5, 5.41) is 4.65. The molecule has 1 N–H and O–H groups in total. The molecule has 7 heteroatoms. The Morgan fingerprint density at radius 2 is 1.88 bits per heavy atom. The Hall–Kier alpha value is -1.86. The summed E-state index contributed by atoms with van der Waals surface area (Å²) >= 11 is 1.36. The van der Waals surface area contributed by atoms with Crippen LogP contribution in [0.15, 0.2) is 35.7 Å². The van der Waals surface area contributed by atoms with E-state index in [9.17, 15) is 18.0 Å². The Bertz CT molecular complexity index is 695. The van der Waals surface area contributed by atoms with E-state index in [1.165, 1.54) is 23.3 Å². The average molecular weight is 370 g/mol. The van der Waals surface area contributed by atoms with Crippen LogP contribution < -0.4 is 5.32 Å². The molecule has 1 amide bonds. The topological polar surface area (TPSA) is 32.3 Å². The number of hydrogen-bond acceptors (Lipinski definition) is 3. The van der Waals surface area contributed by atoms with Crippen molar-refractivity contribution in [2.24, 2.45) is 0 Å². The van der Waals surface area contributed by atoms with Crippen LogP contribution in [0.3, 0.4) is 0 Å². The predicted octanol–water partition coefficient (Wildman–Crippen LogP) is 4.34. The van der Waals surface area contributed by atoms with Gasteiger partial charge in [0.15, 0.2) is 0 Å². The van der Waals surface area contributed by atoms with Crippen molar-refractivity contribution in [2.45, 2.75) is 19.5 Å². The van der Waals surface area contributed by atoms with Gasteiger partial charge < -0.3 is 5.32 Å². The zero-order valence-electron chi connectivity index (χ0n) is 14.2. The van der Waals surface area contributed by atoms with E-state index in [4.69, 9.17) is 0 Å². The van der Waals surface area contributed by atoms with Crippen LogP contribution >= 0.6 is 11.3 Å². The van der Waals surface area contributed by atoms with Crippen LogP contribution in [-0.2, 0) is 0 Å². The minimum absolute atomic E-state index is 0.191. The molecular formula is C18H21F3N2OS. The van der Waals surface area contributed by atoms with Gasteiger partial charge in [0.05, 0.1) is 11.4 Å². The highest BCUT2D eigenvalue weighted by Crippen LogP contribution is 2.28. The molecule has 25 heavy (non-hydrogen) atoms. The number of benzene rings is 1. The molecule has 136 valence electrons. The van der Waals surface area contributed by atoms with E-state index < -0.39 is 12.7 Å². The van der Waals surface area contributed by atoms with Crippen molar-refractivity contribution in [2.75, 3.05) is 26.7 Å². The second-order valence-electron chi connectivity index (χ2n) is 5.99. The van der Waals surface area contributed by atoms with Gasteiger partial charge in [-0.1, -0.05) is 29.8 Å². The van der Waals surface area contributed by atoms with Gasteiger partial charge in [-0.25, -0.2) is 0 Å². The molecule has 1 heterocycles. The zero-order chi connectivity index (χ0) is 18.4. The van der Waals surface area contributed by atoms with Crippen molar-refractivity contribution in [3.8, 4) is 11.1 Å². The molecule has 0 fully saturated rings. The molecule has 1 aromatic carbocycles. The number of nitrogens with one attached hydrogen (secondary N) is 1. The lowest BCUT2D eigenvalue weighted by Crippen LogP contribution is -2.33. The van der Waals surface area contributed by atoms with Crippen LogP contribution in [0.2, 0.25) is 0 Å². The van der Waals surface area contributed by atoms with Crippen molar-refractivity contribution in [3.05, 3.63) is 46.2 Å². The van der Waals surface area contributed by atoms with Gasteiger partial charge in [-0.2, -0.15) is 13.2 Å². The number of amides is 1. The summed E-state index contributed by atoms with van der Waals surface area (Å²) < 4.78 is 36.7. The summed E-state index contributed by atoms with van der Waals surface area (Å²) in [5.74, 6) is -0.191. The van der Waals surface area contributed by atoms with Gasteiger partial charge in [0.25, 0.3) is 5.91 Å². The molecule has 0 bridgehead atoms. The molecule has 0 aliphatic rings. The smallest absolute Gasteiger partial charge is 0.351 e. The summed E-state index contributed by atoms with van der Waals surface area (Å²) in [5.41, 5.74) is 2.99. The molecule has 0 aliphatic heterocycles. The second-order valence-corrected chi connectivity index (χ2v) is 6.91. The Balaban J connectivity index is 1.86. The highest BCUT2D eigenvalue weighted by Gasteiger charge is 2.28. The van der Waals surface area contributed by atoms with Crippen molar-refractivity contribution in [3.63, 3.8) is 0 Å². The number of thiophene rings is 1. The summed E-state index contributed by atoms with van der Waals surface area (Å²) in [6, 6.07) is 9.83. The fourth-order valence-corrected chi connectivity index (χ4v) is 3.29. The normalized spacial score (nSPS) is 11.8. The summed E-state index contributed by atoms with van der Waals surface area (Å²) in [6.07, 6.45) is -3.73. The van der Waals surface area contributed by atoms with E-state index in [1.807, 2.05) is 42.6 Å². The van der Waals surface area contributed by atoms with Crippen LogP contribution in [0.5, 0.6) is 0 Å². The van der Waals surface area contributed by atoms with Crippen LogP contribution in [-0.4, -0.2) is 43.7 Å². The number of aryl methyl sites for hydroxylation is 1. The summed E-state index contributed by atoms with van der Waals surface area (Å²) in [4.78, 5) is 14.2. The summed E-state index contributed by atoms with van der Waals surface area (Å²) in [7, 11) is 1.42. The van der Waals surface area contributed by atoms with Crippen molar-refractivity contribution in [1.82, 2.24) is 10.2 Å². The highest BCUT2D eigenvalue weighted by molar-refractivity contribution is 7.12. The first-order valence-corrected chi connectivity index (χ1v) is 8.82. The van der Waals surface area contributed by atoms with E-state index >= 15 is 0 Å². The minimum atomic E-state index is -4.20. The van der Waals surface area contributed by atoms with Crippen LogP contribution in [0, 0.1) is 6.92 Å². The first-order chi connectivity index (χ1) is 11.8. The number of carbonyl (C=O) groups excluding carboxylic acids is 1. The Labute approximate surface area is 149 Å². The predicted molar refractivity (Wildman–Crippen MR) is 95.0 cm³/mol. The molecule has 3 nitrogen and oxygen atoms in total. The highest BCUT2D eigenvalue weighted by atomic mass is 32.1. The molecule has 0 saturated heterocycles. The maximum Gasteiger partial charge on any atom is 0.401 e. The van der Waals surface area contributed by atoms with E-state index in [-0.39, 0.29) is 12.5 Å². The Morgan fingerprint density at radius 1 is 1.20 bits per heavy atom. The van der Waals surface area contributed by atoms with Gasteiger partial charge in [0.1, 0.15) is 0 Å². The van der Waals surface area contributed by atoms with Crippen LogP contribution in [0.1, 0.15) is 21.7 Å². The number of nitrogens with zero attached hydrogens (tertiary/aromatic N) is 1. The molecule has 0 unspecified atom stereocenters. The van der Waals surface area contributed by atoms with E-state index in [2.05, 4.69) is 5.32 Å². The number of carbonyl (C=O) groups is 1. The second kappa shape index (κ2) is 8.49. The number of halogens is 3. The average Bonchev–Trinajstić information content (AvgIpc) is 3.00. The molecule has 0 spiro atoms. The maximum absolute atomic E-state index is 12.3. The largest absolute Gasteiger partial charge is 0.401 e. The zero-order valence-corrected chi connectivity index (χ0v) is 15.0. The van der Waals surface area contributed by atoms with Gasteiger partial charge >= 0.3 is 6.18 Å². The first kappa shape index (κ1) is 19.5. The molecule has 0 radical (unpaired) electrons. The van der Waals surface area contributed by atoms with Gasteiger partial charge in [0, 0.05) is 12.1 Å². The van der Waals surface area contributed by atoms with Crippen molar-refractivity contribution in [1.29, 1.82) is 0 Å². The molecule has 1 aromatic heterocycles. The van der Waals surface area contributed by atoms with Crippen molar-refractivity contribution >= 4 is 17.2 Å². The SMILES string of the molecule is Cc1ccc(-c2ccsc2C(=O)NCCCN(C)CC(F)(F)F)cc1. The van der Waals surface area contributed by atoms with Gasteiger partial charge in [-0.3, -0.25) is 9.69 Å².